The van der Waals surface area contributed by atoms with Crippen LogP contribution in [0.2, 0.25) is 0 Å². The minimum atomic E-state index is -4.13. The fourth-order valence-corrected chi connectivity index (χ4v) is 2.46. The SMILES string of the molecule is CCc1[c]ccc(P(=O)(O)O)c1CC. The third-order valence-corrected chi connectivity index (χ3v) is 3.24. The highest BCUT2D eigenvalue weighted by Gasteiger charge is 2.21. The molecule has 0 fully saturated rings. The lowest BCUT2D eigenvalue weighted by Crippen LogP contribution is -2.13. The van der Waals surface area contributed by atoms with E-state index in [0.29, 0.717) is 6.42 Å². The summed E-state index contributed by atoms with van der Waals surface area (Å²) in [5.74, 6) is 0. The van der Waals surface area contributed by atoms with Gasteiger partial charge in [0, 0.05) is 0 Å². The summed E-state index contributed by atoms with van der Waals surface area (Å²) in [5, 5.41) is 0.149. The fraction of sp³-hybridized carbons (Fsp3) is 0.400. The van der Waals surface area contributed by atoms with Crippen molar-refractivity contribution in [3.05, 3.63) is 29.3 Å². The zero-order chi connectivity index (χ0) is 10.8. The highest BCUT2D eigenvalue weighted by atomic mass is 31.2. The molecule has 1 aromatic carbocycles. The fourth-order valence-electron chi connectivity index (χ4n) is 1.55. The summed E-state index contributed by atoms with van der Waals surface area (Å²) in [6.45, 7) is 3.84. The first-order chi connectivity index (χ1) is 6.50. The molecular formula is C10H14O3P. The maximum Gasteiger partial charge on any atom is 0.356 e. The summed E-state index contributed by atoms with van der Waals surface area (Å²) in [4.78, 5) is 18.2. The Morgan fingerprint density at radius 1 is 1.36 bits per heavy atom. The number of benzene rings is 1. The smallest absolute Gasteiger partial charge is 0.321 e. The second-order valence-corrected chi connectivity index (χ2v) is 4.64. The summed E-state index contributed by atoms with van der Waals surface area (Å²) < 4.78 is 11.2. The summed E-state index contributed by atoms with van der Waals surface area (Å²) in [6, 6.07) is 6.04. The largest absolute Gasteiger partial charge is 0.356 e. The monoisotopic (exact) mass is 213 g/mol. The van der Waals surface area contributed by atoms with E-state index in [2.05, 4.69) is 6.07 Å². The molecule has 2 N–H and O–H groups in total. The van der Waals surface area contributed by atoms with Gasteiger partial charge in [-0.15, -0.1) is 0 Å². The molecule has 1 radical (unpaired) electrons. The molecule has 0 saturated heterocycles. The molecule has 3 nitrogen and oxygen atoms in total. The molecule has 0 atom stereocenters. The standard InChI is InChI=1S/C10H14O3P/c1-3-8-6-5-7-10(9(8)4-2)14(11,12)13/h5,7H,3-4H2,1-2H3,(H2,11,12,13). The molecule has 1 aromatic rings. The van der Waals surface area contributed by atoms with Crippen molar-refractivity contribution in [3.8, 4) is 0 Å². The quantitative estimate of drug-likeness (QED) is 0.746. The Balaban J connectivity index is 3.37. The second kappa shape index (κ2) is 4.26. The van der Waals surface area contributed by atoms with E-state index in [1.54, 1.807) is 6.07 Å². The predicted octanol–water partition coefficient (Wildman–Crippen LogP) is 1.41. The van der Waals surface area contributed by atoms with E-state index in [9.17, 15) is 4.57 Å². The van der Waals surface area contributed by atoms with Gasteiger partial charge in [-0.05, 0) is 36.1 Å². The van der Waals surface area contributed by atoms with Crippen LogP contribution in [0.4, 0.5) is 0 Å². The van der Waals surface area contributed by atoms with Crippen LogP contribution in [0.15, 0.2) is 12.1 Å². The molecule has 4 heteroatoms. The molecule has 77 valence electrons. The maximum absolute atomic E-state index is 11.2. The molecular weight excluding hydrogens is 199 g/mol. The summed E-state index contributed by atoms with van der Waals surface area (Å²) in [7, 11) is -4.13. The molecule has 0 bridgehead atoms. The number of aryl methyl sites for hydroxylation is 1. The average molecular weight is 213 g/mol. The molecule has 0 aliphatic carbocycles. The van der Waals surface area contributed by atoms with Crippen molar-refractivity contribution in [2.45, 2.75) is 26.7 Å². The van der Waals surface area contributed by atoms with E-state index < -0.39 is 7.60 Å². The Morgan fingerprint density at radius 2 is 2.00 bits per heavy atom. The maximum atomic E-state index is 11.2. The molecule has 0 aromatic heterocycles. The van der Waals surface area contributed by atoms with Gasteiger partial charge in [0.25, 0.3) is 0 Å². The van der Waals surface area contributed by atoms with Crippen LogP contribution < -0.4 is 5.30 Å². The molecule has 14 heavy (non-hydrogen) atoms. The minimum absolute atomic E-state index is 0.149. The van der Waals surface area contributed by atoms with Crippen molar-refractivity contribution in [2.75, 3.05) is 0 Å². The van der Waals surface area contributed by atoms with Gasteiger partial charge >= 0.3 is 7.60 Å². The van der Waals surface area contributed by atoms with Crippen molar-refractivity contribution in [2.24, 2.45) is 0 Å². The lowest BCUT2D eigenvalue weighted by Gasteiger charge is -2.12. The van der Waals surface area contributed by atoms with Crippen LogP contribution in [0.3, 0.4) is 0 Å². The molecule has 0 aliphatic rings. The Labute approximate surface area is 83.9 Å². The van der Waals surface area contributed by atoms with Crippen LogP contribution in [-0.4, -0.2) is 9.79 Å². The van der Waals surface area contributed by atoms with Crippen molar-refractivity contribution >= 4 is 12.9 Å². The lowest BCUT2D eigenvalue weighted by atomic mass is 10.0. The van der Waals surface area contributed by atoms with Crippen molar-refractivity contribution in [1.82, 2.24) is 0 Å². The molecule has 0 unspecified atom stereocenters. The highest BCUT2D eigenvalue weighted by molar-refractivity contribution is 7.60. The van der Waals surface area contributed by atoms with Gasteiger partial charge < -0.3 is 9.79 Å². The average Bonchev–Trinajstić information content (AvgIpc) is 2.15. The van der Waals surface area contributed by atoms with Crippen LogP contribution in [0.1, 0.15) is 25.0 Å². The van der Waals surface area contributed by atoms with Crippen molar-refractivity contribution in [1.29, 1.82) is 0 Å². The first kappa shape index (κ1) is 11.4. The Morgan fingerprint density at radius 3 is 2.43 bits per heavy atom. The highest BCUT2D eigenvalue weighted by Crippen LogP contribution is 2.35. The van der Waals surface area contributed by atoms with Gasteiger partial charge in [0.2, 0.25) is 0 Å². The van der Waals surface area contributed by atoms with E-state index >= 15 is 0 Å². The van der Waals surface area contributed by atoms with Crippen molar-refractivity contribution < 1.29 is 14.4 Å². The van der Waals surface area contributed by atoms with Gasteiger partial charge in [0.15, 0.2) is 0 Å². The summed E-state index contributed by atoms with van der Waals surface area (Å²) in [5.41, 5.74) is 1.64. The first-order valence-electron chi connectivity index (χ1n) is 4.59. The molecule has 1 rings (SSSR count). The third kappa shape index (κ3) is 2.24. The van der Waals surface area contributed by atoms with E-state index in [4.69, 9.17) is 9.79 Å². The van der Waals surface area contributed by atoms with Crippen LogP contribution in [0.25, 0.3) is 0 Å². The van der Waals surface area contributed by atoms with Crippen molar-refractivity contribution in [3.63, 3.8) is 0 Å². The molecule has 0 heterocycles. The van der Waals surface area contributed by atoms with E-state index in [1.165, 1.54) is 6.07 Å². The zero-order valence-electron chi connectivity index (χ0n) is 8.32. The van der Waals surface area contributed by atoms with Crippen LogP contribution >= 0.6 is 7.60 Å². The summed E-state index contributed by atoms with van der Waals surface area (Å²) in [6.07, 6.45) is 1.37. The van der Waals surface area contributed by atoms with Crippen LogP contribution in [0, 0.1) is 6.07 Å². The van der Waals surface area contributed by atoms with Crippen LogP contribution in [0.5, 0.6) is 0 Å². The molecule has 0 amide bonds. The first-order valence-corrected chi connectivity index (χ1v) is 6.20. The van der Waals surface area contributed by atoms with Gasteiger partial charge in [0.05, 0.1) is 5.30 Å². The van der Waals surface area contributed by atoms with E-state index in [0.717, 1.165) is 17.5 Å². The Bertz CT molecular complexity index is 368. The number of hydrogen-bond acceptors (Lipinski definition) is 1. The topological polar surface area (TPSA) is 57.5 Å². The molecule has 0 spiro atoms. The Hall–Kier alpha value is -0.630. The van der Waals surface area contributed by atoms with Gasteiger partial charge in [-0.3, -0.25) is 4.57 Å². The predicted molar refractivity (Wildman–Crippen MR) is 55.7 cm³/mol. The normalized spacial score (nSPS) is 11.7. The lowest BCUT2D eigenvalue weighted by molar-refractivity contribution is 0.387. The zero-order valence-corrected chi connectivity index (χ0v) is 9.21. The van der Waals surface area contributed by atoms with E-state index in [1.807, 2.05) is 13.8 Å². The third-order valence-electron chi connectivity index (χ3n) is 2.19. The van der Waals surface area contributed by atoms with Crippen LogP contribution in [-0.2, 0) is 17.4 Å². The summed E-state index contributed by atoms with van der Waals surface area (Å²) >= 11 is 0. The number of hydrogen-bond donors (Lipinski definition) is 2. The van der Waals surface area contributed by atoms with Gasteiger partial charge in [0.1, 0.15) is 0 Å². The van der Waals surface area contributed by atoms with Gasteiger partial charge in [-0.2, -0.15) is 0 Å². The Kier molecular flexibility index (Phi) is 3.48. The second-order valence-electron chi connectivity index (χ2n) is 3.07. The van der Waals surface area contributed by atoms with Gasteiger partial charge in [-0.1, -0.05) is 19.9 Å². The van der Waals surface area contributed by atoms with Gasteiger partial charge in [-0.25, -0.2) is 0 Å². The minimum Gasteiger partial charge on any atom is -0.321 e. The molecule has 0 aliphatic heterocycles. The van der Waals surface area contributed by atoms with E-state index in [-0.39, 0.29) is 5.30 Å². The molecule has 0 saturated carbocycles. The number of rotatable bonds is 3.